The molecule has 1 fully saturated rings. The molecular formula is C27H36N4O3S. The number of nitrogens with one attached hydrogen (secondary N) is 2. The van der Waals surface area contributed by atoms with Crippen LogP contribution in [0.3, 0.4) is 0 Å². The Bertz CT molecular complexity index is 1160. The van der Waals surface area contributed by atoms with Gasteiger partial charge in [-0.25, -0.2) is 8.42 Å². The molecule has 1 aliphatic heterocycles. The number of hydrogen-bond donors (Lipinski definition) is 2. The number of rotatable bonds is 9. The van der Waals surface area contributed by atoms with Crippen LogP contribution in [0.1, 0.15) is 69.4 Å². The maximum Gasteiger partial charge on any atom is 0.262 e. The lowest BCUT2D eigenvalue weighted by molar-refractivity contribution is -0.117. The smallest absolute Gasteiger partial charge is 0.262 e. The number of amidine groups is 1. The molecule has 0 unspecified atom stereocenters. The molecule has 0 aromatic heterocycles. The fourth-order valence-corrected chi connectivity index (χ4v) is 5.43. The standard InChI is InChI=1S/C27H36N4O3S/c1-20(2)22-12-10-21(11-13-22)18-31(24-14-15-24)19-27(32)29-23-7-6-8-25(17-23)35(33,34)30-26-9-4-3-5-16-28-26/h6-8,10-13,17,20,24H,3-5,9,14-16,18-19H2,1-2H3,(H,28,30)(H,29,32). The van der Waals surface area contributed by atoms with Gasteiger partial charge in [0.15, 0.2) is 0 Å². The Morgan fingerprint density at radius 1 is 1.09 bits per heavy atom. The Hall–Kier alpha value is -2.71. The van der Waals surface area contributed by atoms with Crippen molar-refractivity contribution in [1.82, 2.24) is 9.62 Å². The number of hydrogen-bond acceptors (Lipinski definition) is 5. The van der Waals surface area contributed by atoms with Gasteiger partial charge >= 0.3 is 0 Å². The van der Waals surface area contributed by atoms with Crippen LogP contribution in [-0.2, 0) is 21.4 Å². The fraction of sp³-hybridized carbons (Fsp3) is 0.481. The van der Waals surface area contributed by atoms with Gasteiger partial charge in [-0.3, -0.25) is 19.4 Å². The first kappa shape index (κ1) is 25.4. The van der Waals surface area contributed by atoms with Crippen LogP contribution >= 0.6 is 0 Å². The summed E-state index contributed by atoms with van der Waals surface area (Å²) in [7, 11) is -3.75. The summed E-state index contributed by atoms with van der Waals surface area (Å²) in [6.45, 7) is 5.99. The molecule has 0 atom stereocenters. The SMILES string of the molecule is CC(C)c1ccc(CN(CC(=O)Nc2cccc(S(=O)(=O)NC3=NCCCCC3)c2)C2CC2)cc1. The van der Waals surface area contributed by atoms with Crippen molar-refractivity contribution in [3.63, 3.8) is 0 Å². The van der Waals surface area contributed by atoms with Gasteiger partial charge in [0.25, 0.3) is 10.0 Å². The minimum atomic E-state index is -3.75. The molecule has 0 spiro atoms. The lowest BCUT2D eigenvalue weighted by Crippen LogP contribution is -2.34. The van der Waals surface area contributed by atoms with Crippen molar-refractivity contribution in [2.75, 3.05) is 18.4 Å². The maximum atomic E-state index is 12.9. The van der Waals surface area contributed by atoms with Crippen molar-refractivity contribution in [2.24, 2.45) is 4.99 Å². The topological polar surface area (TPSA) is 90.9 Å². The van der Waals surface area contributed by atoms with E-state index >= 15 is 0 Å². The zero-order valence-electron chi connectivity index (χ0n) is 20.7. The number of nitrogens with zero attached hydrogens (tertiary/aromatic N) is 2. The largest absolute Gasteiger partial charge is 0.325 e. The molecule has 1 heterocycles. The Labute approximate surface area is 209 Å². The average Bonchev–Trinajstić information content (AvgIpc) is 3.67. The molecule has 8 heteroatoms. The molecule has 1 aliphatic carbocycles. The van der Waals surface area contributed by atoms with Gasteiger partial charge < -0.3 is 5.32 Å². The Morgan fingerprint density at radius 3 is 2.57 bits per heavy atom. The van der Waals surface area contributed by atoms with E-state index < -0.39 is 10.0 Å². The minimum absolute atomic E-state index is 0.117. The lowest BCUT2D eigenvalue weighted by Gasteiger charge is -2.22. The molecule has 2 aromatic carbocycles. The van der Waals surface area contributed by atoms with E-state index in [4.69, 9.17) is 0 Å². The molecule has 0 radical (unpaired) electrons. The van der Waals surface area contributed by atoms with Crippen molar-refractivity contribution in [2.45, 2.75) is 75.8 Å². The van der Waals surface area contributed by atoms with Crippen LogP contribution in [0.5, 0.6) is 0 Å². The van der Waals surface area contributed by atoms with Crippen molar-refractivity contribution in [3.05, 3.63) is 59.7 Å². The van der Waals surface area contributed by atoms with Crippen LogP contribution in [-0.4, -0.2) is 44.2 Å². The van der Waals surface area contributed by atoms with Gasteiger partial charge in [0.2, 0.25) is 5.91 Å². The molecule has 0 saturated heterocycles. The van der Waals surface area contributed by atoms with Crippen LogP contribution in [0.4, 0.5) is 5.69 Å². The molecule has 1 amide bonds. The molecule has 2 aromatic rings. The quantitative estimate of drug-likeness (QED) is 0.528. The van der Waals surface area contributed by atoms with Gasteiger partial charge in [0.1, 0.15) is 5.84 Å². The first-order valence-corrected chi connectivity index (χ1v) is 14.1. The van der Waals surface area contributed by atoms with Crippen LogP contribution in [0, 0.1) is 0 Å². The van der Waals surface area contributed by atoms with Crippen molar-refractivity contribution in [3.8, 4) is 0 Å². The molecule has 1 saturated carbocycles. The lowest BCUT2D eigenvalue weighted by atomic mass is 10.0. The number of carbonyl (C=O) groups is 1. The van der Waals surface area contributed by atoms with E-state index in [0.717, 1.165) is 38.6 Å². The number of amides is 1. The molecule has 188 valence electrons. The van der Waals surface area contributed by atoms with E-state index in [9.17, 15) is 13.2 Å². The highest BCUT2D eigenvalue weighted by Crippen LogP contribution is 2.28. The first-order valence-electron chi connectivity index (χ1n) is 12.6. The van der Waals surface area contributed by atoms with Gasteiger partial charge in [-0.2, -0.15) is 0 Å². The summed E-state index contributed by atoms with van der Waals surface area (Å²) < 4.78 is 28.4. The highest BCUT2D eigenvalue weighted by molar-refractivity contribution is 7.90. The summed E-state index contributed by atoms with van der Waals surface area (Å²) in [6, 6.07) is 15.4. The predicted octanol–water partition coefficient (Wildman–Crippen LogP) is 4.66. The van der Waals surface area contributed by atoms with Crippen molar-refractivity contribution >= 4 is 27.5 Å². The minimum Gasteiger partial charge on any atom is -0.325 e. The summed E-state index contributed by atoms with van der Waals surface area (Å²) >= 11 is 0. The molecule has 2 aliphatic rings. The molecular weight excluding hydrogens is 460 g/mol. The summed E-state index contributed by atoms with van der Waals surface area (Å²) in [4.78, 5) is 19.5. The van der Waals surface area contributed by atoms with Gasteiger partial charge in [0, 0.05) is 31.2 Å². The number of benzene rings is 2. The second-order valence-corrected chi connectivity index (χ2v) is 11.5. The van der Waals surface area contributed by atoms with Gasteiger partial charge in [-0.1, -0.05) is 50.6 Å². The zero-order valence-corrected chi connectivity index (χ0v) is 21.5. The molecule has 7 nitrogen and oxygen atoms in total. The predicted molar refractivity (Wildman–Crippen MR) is 140 cm³/mol. The van der Waals surface area contributed by atoms with Crippen LogP contribution in [0.15, 0.2) is 58.4 Å². The van der Waals surface area contributed by atoms with Gasteiger partial charge in [0.05, 0.1) is 11.4 Å². The van der Waals surface area contributed by atoms with Crippen molar-refractivity contribution in [1.29, 1.82) is 0 Å². The second-order valence-electron chi connectivity index (χ2n) is 9.85. The van der Waals surface area contributed by atoms with E-state index in [2.05, 4.69) is 58.0 Å². The number of aliphatic imine (C=N–C) groups is 1. The third-order valence-corrected chi connectivity index (χ3v) is 7.88. The van der Waals surface area contributed by atoms with Crippen LogP contribution in [0.2, 0.25) is 0 Å². The highest BCUT2D eigenvalue weighted by atomic mass is 32.2. The molecule has 4 rings (SSSR count). The first-order chi connectivity index (χ1) is 16.8. The van der Waals surface area contributed by atoms with Crippen LogP contribution in [0.25, 0.3) is 0 Å². The van der Waals surface area contributed by atoms with Crippen molar-refractivity contribution < 1.29 is 13.2 Å². The van der Waals surface area contributed by atoms with E-state index in [1.807, 2.05) is 0 Å². The summed E-state index contributed by atoms with van der Waals surface area (Å²) in [5.74, 6) is 0.856. The van der Waals surface area contributed by atoms with E-state index in [1.54, 1.807) is 12.1 Å². The summed E-state index contributed by atoms with van der Waals surface area (Å²) in [5.41, 5.74) is 2.97. The normalized spacial score (nSPS) is 16.6. The summed E-state index contributed by atoms with van der Waals surface area (Å²) in [6.07, 6.45) is 5.79. The molecule has 0 bridgehead atoms. The zero-order chi connectivity index (χ0) is 24.8. The van der Waals surface area contributed by atoms with Crippen LogP contribution < -0.4 is 10.0 Å². The average molecular weight is 497 g/mol. The third-order valence-electron chi connectivity index (χ3n) is 6.50. The van der Waals surface area contributed by atoms with Gasteiger partial charge in [-0.05, 0) is 60.9 Å². The third kappa shape index (κ3) is 7.39. The maximum absolute atomic E-state index is 12.9. The monoisotopic (exact) mass is 496 g/mol. The number of anilines is 1. The Kier molecular flexibility index (Phi) is 8.23. The molecule has 2 N–H and O–H groups in total. The highest BCUT2D eigenvalue weighted by Gasteiger charge is 2.30. The van der Waals surface area contributed by atoms with Gasteiger partial charge in [-0.15, -0.1) is 0 Å². The van der Waals surface area contributed by atoms with E-state index in [0.29, 0.717) is 36.4 Å². The number of sulfonamides is 1. The fourth-order valence-electron chi connectivity index (χ4n) is 4.29. The van der Waals surface area contributed by atoms with E-state index in [1.165, 1.54) is 23.3 Å². The number of carbonyl (C=O) groups excluding carboxylic acids is 1. The van der Waals surface area contributed by atoms with E-state index in [-0.39, 0.29) is 17.3 Å². The second kappa shape index (κ2) is 11.4. The Morgan fingerprint density at radius 2 is 1.86 bits per heavy atom. The Balaban J connectivity index is 1.38. The molecule has 35 heavy (non-hydrogen) atoms. The summed E-state index contributed by atoms with van der Waals surface area (Å²) in [5, 5.41) is 2.89.